The highest BCUT2D eigenvalue weighted by Crippen LogP contribution is 2.34. The highest BCUT2D eigenvalue weighted by atomic mass is 16.2. The fourth-order valence-corrected chi connectivity index (χ4v) is 3.85. The Balaban J connectivity index is 1.68. The van der Waals surface area contributed by atoms with E-state index in [2.05, 4.69) is 5.32 Å². The Kier molecular flexibility index (Phi) is 3.52. The summed E-state index contributed by atoms with van der Waals surface area (Å²) in [6.07, 6.45) is 8.47. The summed E-state index contributed by atoms with van der Waals surface area (Å²) in [5, 5.41) is 2.85. The third-order valence-corrected chi connectivity index (χ3v) is 5.08. The number of hydrogen-bond donors (Lipinski definition) is 1. The fraction of sp³-hybridized carbons (Fsp3) is 0.800. The van der Waals surface area contributed by atoms with Gasteiger partial charge in [-0.15, -0.1) is 0 Å². The maximum Gasteiger partial charge on any atom is 0.325 e. The van der Waals surface area contributed by atoms with Crippen LogP contribution in [0, 0.1) is 5.92 Å². The van der Waals surface area contributed by atoms with Gasteiger partial charge in [0.15, 0.2) is 5.78 Å². The summed E-state index contributed by atoms with van der Waals surface area (Å²) in [5.74, 6) is -0.0640. The molecule has 3 aliphatic rings. The monoisotopic (exact) mass is 278 g/mol. The van der Waals surface area contributed by atoms with Gasteiger partial charge in [0.25, 0.3) is 5.91 Å². The SMILES string of the molecule is O=C(CN1C(=O)NC2(CCCCC2)C1=O)C1CCCC1. The highest BCUT2D eigenvalue weighted by Gasteiger charge is 2.51. The lowest BCUT2D eigenvalue weighted by molar-refractivity contribution is -0.136. The van der Waals surface area contributed by atoms with Crippen molar-refractivity contribution in [2.75, 3.05) is 6.54 Å². The zero-order valence-corrected chi connectivity index (χ0v) is 11.8. The van der Waals surface area contributed by atoms with Crippen LogP contribution in [0.1, 0.15) is 57.8 Å². The Morgan fingerprint density at radius 2 is 1.75 bits per heavy atom. The Hall–Kier alpha value is -1.39. The molecule has 110 valence electrons. The van der Waals surface area contributed by atoms with Gasteiger partial charge in [0.1, 0.15) is 5.54 Å². The zero-order valence-electron chi connectivity index (χ0n) is 11.8. The van der Waals surface area contributed by atoms with E-state index in [0.29, 0.717) is 12.8 Å². The van der Waals surface area contributed by atoms with Crippen molar-refractivity contribution < 1.29 is 14.4 Å². The Bertz CT molecular complexity index is 434. The van der Waals surface area contributed by atoms with Crippen molar-refractivity contribution in [1.82, 2.24) is 10.2 Å². The predicted molar refractivity (Wildman–Crippen MR) is 73.0 cm³/mol. The number of carbonyl (C=O) groups is 3. The number of imide groups is 1. The largest absolute Gasteiger partial charge is 0.325 e. The standard InChI is InChI=1S/C15H22N2O3/c18-12(11-6-2-3-7-11)10-17-13(19)15(16-14(17)20)8-4-1-5-9-15/h11H,1-10H2,(H,16,20). The molecule has 3 fully saturated rings. The maximum atomic E-state index is 12.5. The molecule has 1 saturated heterocycles. The maximum absolute atomic E-state index is 12.5. The number of hydrogen-bond acceptors (Lipinski definition) is 3. The van der Waals surface area contributed by atoms with E-state index in [9.17, 15) is 14.4 Å². The summed E-state index contributed by atoms with van der Waals surface area (Å²) < 4.78 is 0. The van der Waals surface area contributed by atoms with E-state index in [4.69, 9.17) is 0 Å². The van der Waals surface area contributed by atoms with Gasteiger partial charge in [-0.2, -0.15) is 0 Å². The van der Waals surface area contributed by atoms with Gasteiger partial charge in [-0.05, 0) is 25.7 Å². The highest BCUT2D eigenvalue weighted by molar-refractivity contribution is 6.09. The van der Waals surface area contributed by atoms with Gasteiger partial charge in [-0.25, -0.2) is 4.79 Å². The molecule has 1 heterocycles. The van der Waals surface area contributed by atoms with Crippen molar-refractivity contribution in [1.29, 1.82) is 0 Å². The summed E-state index contributed by atoms with van der Waals surface area (Å²) in [4.78, 5) is 37.9. The number of urea groups is 1. The number of carbonyl (C=O) groups excluding carboxylic acids is 3. The summed E-state index contributed by atoms with van der Waals surface area (Å²) in [6.45, 7) is -0.0307. The normalized spacial score (nSPS) is 26.3. The second-order valence-corrected chi connectivity index (χ2v) is 6.41. The average Bonchev–Trinajstić information content (AvgIpc) is 3.04. The molecule has 5 heteroatoms. The van der Waals surface area contributed by atoms with Crippen LogP contribution in [0.2, 0.25) is 0 Å². The second kappa shape index (κ2) is 5.19. The first kappa shape index (κ1) is 13.6. The molecule has 5 nitrogen and oxygen atoms in total. The quantitative estimate of drug-likeness (QED) is 0.803. The Morgan fingerprint density at radius 1 is 1.10 bits per heavy atom. The third kappa shape index (κ3) is 2.23. The fourth-order valence-electron chi connectivity index (χ4n) is 3.85. The van der Waals surface area contributed by atoms with E-state index in [1.54, 1.807) is 0 Å². The van der Waals surface area contributed by atoms with Crippen molar-refractivity contribution in [3.63, 3.8) is 0 Å². The van der Waals surface area contributed by atoms with Gasteiger partial charge in [0, 0.05) is 5.92 Å². The molecule has 0 aromatic rings. The third-order valence-electron chi connectivity index (χ3n) is 5.08. The molecule has 1 aliphatic heterocycles. The van der Waals surface area contributed by atoms with Crippen LogP contribution in [0.25, 0.3) is 0 Å². The van der Waals surface area contributed by atoms with E-state index in [1.165, 1.54) is 0 Å². The molecule has 0 radical (unpaired) electrons. The molecule has 0 unspecified atom stereocenters. The molecule has 1 spiro atoms. The minimum absolute atomic E-state index is 0.0307. The zero-order chi connectivity index (χ0) is 14.2. The molecule has 1 N–H and O–H groups in total. The van der Waals surface area contributed by atoms with Crippen molar-refractivity contribution in [2.24, 2.45) is 5.92 Å². The van der Waals surface area contributed by atoms with Gasteiger partial charge >= 0.3 is 6.03 Å². The van der Waals surface area contributed by atoms with Gasteiger partial charge in [-0.3, -0.25) is 14.5 Å². The molecular formula is C15H22N2O3. The topological polar surface area (TPSA) is 66.5 Å². The molecule has 2 aliphatic carbocycles. The van der Waals surface area contributed by atoms with Crippen molar-refractivity contribution in [2.45, 2.75) is 63.3 Å². The summed E-state index contributed by atoms with van der Waals surface area (Å²) in [7, 11) is 0. The van der Waals surface area contributed by atoms with E-state index >= 15 is 0 Å². The number of ketones is 1. The van der Waals surface area contributed by atoms with E-state index in [-0.39, 0.29) is 30.2 Å². The van der Waals surface area contributed by atoms with E-state index in [1.807, 2.05) is 0 Å². The lowest BCUT2D eigenvalue weighted by Crippen LogP contribution is -2.48. The molecule has 2 saturated carbocycles. The first-order chi connectivity index (χ1) is 9.62. The van der Waals surface area contributed by atoms with Crippen LogP contribution in [-0.4, -0.2) is 34.7 Å². The van der Waals surface area contributed by atoms with Gasteiger partial charge in [0.2, 0.25) is 0 Å². The number of rotatable bonds is 3. The van der Waals surface area contributed by atoms with Gasteiger partial charge in [0.05, 0.1) is 6.54 Å². The molecule has 3 amide bonds. The molecule has 20 heavy (non-hydrogen) atoms. The van der Waals surface area contributed by atoms with Crippen LogP contribution >= 0.6 is 0 Å². The van der Waals surface area contributed by atoms with Gasteiger partial charge < -0.3 is 5.32 Å². The smallest absolute Gasteiger partial charge is 0.323 e. The first-order valence-corrected chi connectivity index (χ1v) is 7.79. The predicted octanol–water partition coefficient (Wildman–Crippen LogP) is 2.00. The first-order valence-electron chi connectivity index (χ1n) is 7.79. The average molecular weight is 278 g/mol. The second-order valence-electron chi connectivity index (χ2n) is 6.41. The van der Waals surface area contributed by atoms with Crippen LogP contribution in [-0.2, 0) is 9.59 Å². The van der Waals surface area contributed by atoms with Crippen LogP contribution in [0.15, 0.2) is 0 Å². The minimum Gasteiger partial charge on any atom is -0.323 e. The number of amides is 3. The minimum atomic E-state index is -0.703. The number of Topliss-reactive ketones (excluding diaryl/α,β-unsaturated/α-hetero) is 1. The number of nitrogens with one attached hydrogen (secondary N) is 1. The molecular weight excluding hydrogens is 256 g/mol. The van der Waals surface area contributed by atoms with Gasteiger partial charge in [-0.1, -0.05) is 32.1 Å². The summed E-state index contributed by atoms with van der Waals surface area (Å²) in [5.41, 5.74) is -0.703. The lowest BCUT2D eigenvalue weighted by atomic mass is 9.81. The van der Waals surface area contributed by atoms with E-state index < -0.39 is 5.54 Å². The van der Waals surface area contributed by atoms with Crippen molar-refractivity contribution in [3.8, 4) is 0 Å². The molecule has 3 rings (SSSR count). The molecule has 0 aromatic heterocycles. The molecule has 0 aromatic carbocycles. The molecule has 0 bridgehead atoms. The van der Waals surface area contributed by atoms with Crippen LogP contribution in [0.5, 0.6) is 0 Å². The van der Waals surface area contributed by atoms with Crippen LogP contribution < -0.4 is 5.32 Å². The summed E-state index contributed by atoms with van der Waals surface area (Å²) in [6, 6.07) is -0.372. The molecule has 0 atom stereocenters. The van der Waals surface area contributed by atoms with E-state index in [0.717, 1.165) is 49.8 Å². The Labute approximate surface area is 119 Å². The summed E-state index contributed by atoms with van der Waals surface area (Å²) >= 11 is 0. The Morgan fingerprint density at radius 3 is 2.40 bits per heavy atom. The number of nitrogens with zero attached hydrogens (tertiary/aromatic N) is 1. The van der Waals surface area contributed by atoms with Crippen molar-refractivity contribution >= 4 is 17.7 Å². The lowest BCUT2D eigenvalue weighted by Gasteiger charge is -2.30. The van der Waals surface area contributed by atoms with Crippen LogP contribution in [0.3, 0.4) is 0 Å². The van der Waals surface area contributed by atoms with Crippen LogP contribution in [0.4, 0.5) is 4.79 Å². The van der Waals surface area contributed by atoms with Crippen molar-refractivity contribution in [3.05, 3.63) is 0 Å².